The van der Waals surface area contributed by atoms with Crippen molar-refractivity contribution in [2.24, 2.45) is 0 Å². The average molecular weight is 236 g/mol. The van der Waals surface area contributed by atoms with Crippen molar-refractivity contribution in [3.63, 3.8) is 0 Å². The summed E-state index contributed by atoms with van der Waals surface area (Å²) in [4.78, 5) is 6.81. The van der Waals surface area contributed by atoms with E-state index in [-0.39, 0.29) is 6.61 Å². The monoisotopic (exact) mass is 236 g/mol. The Labute approximate surface area is 104 Å². The van der Waals surface area contributed by atoms with E-state index in [1.807, 2.05) is 12.3 Å². The number of nitrogens with zero attached hydrogens (tertiary/aromatic N) is 2. The average Bonchev–Trinajstić information content (AvgIpc) is 2.35. The van der Waals surface area contributed by atoms with Gasteiger partial charge < -0.3 is 5.11 Å². The Balaban J connectivity index is 2.55. The van der Waals surface area contributed by atoms with Crippen molar-refractivity contribution in [1.29, 1.82) is 0 Å². The van der Waals surface area contributed by atoms with Gasteiger partial charge in [0.15, 0.2) is 0 Å². The summed E-state index contributed by atoms with van der Waals surface area (Å²) in [6.07, 6.45) is 5.11. The van der Waals surface area contributed by atoms with Crippen LogP contribution in [0.3, 0.4) is 0 Å². The maximum Gasteiger partial charge on any atom is 0.0573 e. The number of unbranched alkanes of at least 4 members (excludes halogenated alkanes) is 1. The summed E-state index contributed by atoms with van der Waals surface area (Å²) >= 11 is 0. The van der Waals surface area contributed by atoms with Gasteiger partial charge in [0.2, 0.25) is 0 Å². The lowest BCUT2D eigenvalue weighted by Crippen LogP contribution is -2.27. The summed E-state index contributed by atoms with van der Waals surface area (Å²) in [5.74, 6) is 0. The van der Waals surface area contributed by atoms with Crippen molar-refractivity contribution < 1.29 is 5.11 Å². The maximum atomic E-state index is 8.92. The van der Waals surface area contributed by atoms with E-state index >= 15 is 0 Å². The number of aliphatic hydroxyl groups is 1. The number of rotatable bonds is 8. The lowest BCUT2D eigenvalue weighted by atomic mass is 10.2. The van der Waals surface area contributed by atoms with Crippen LogP contribution < -0.4 is 0 Å². The first-order valence-corrected chi connectivity index (χ1v) is 6.51. The van der Waals surface area contributed by atoms with Crippen LogP contribution >= 0.6 is 0 Å². The van der Waals surface area contributed by atoms with Gasteiger partial charge >= 0.3 is 0 Å². The van der Waals surface area contributed by atoms with Gasteiger partial charge in [0.25, 0.3) is 0 Å². The number of hydrogen-bond donors (Lipinski definition) is 1. The zero-order valence-electron chi connectivity index (χ0n) is 11.0. The number of aliphatic hydroxyl groups excluding tert-OH is 1. The molecule has 0 atom stereocenters. The molecule has 0 aliphatic carbocycles. The van der Waals surface area contributed by atoms with Gasteiger partial charge in [-0.2, -0.15) is 0 Å². The smallest absolute Gasteiger partial charge is 0.0573 e. The zero-order chi connectivity index (χ0) is 12.5. The van der Waals surface area contributed by atoms with Crippen LogP contribution in [0.5, 0.6) is 0 Å². The molecule has 1 heterocycles. The third-order valence-electron chi connectivity index (χ3n) is 2.95. The predicted molar refractivity (Wildman–Crippen MR) is 70.9 cm³/mol. The fraction of sp³-hybridized carbons (Fsp3) is 0.643. The topological polar surface area (TPSA) is 36.4 Å². The highest BCUT2D eigenvalue weighted by molar-refractivity contribution is 5.17. The molecule has 0 saturated carbocycles. The van der Waals surface area contributed by atoms with E-state index in [0.29, 0.717) is 0 Å². The molecular formula is C14H24N2O. The molecule has 0 saturated heterocycles. The molecule has 0 unspecified atom stereocenters. The quantitative estimate of drug-likeness (QED) is 0.753. The molecule has 0 fully saturated rings. The highest BCUT2D eigenvalue weighted by Crippen LogP contribution is 2.08. The van der Waals surface area contributed by atoms with Crippen LogP contribution in [0.15, 0.2) is 18.3 Å². The fourth-order valence-corrected chi connectivity index (χ4v) is 1.84. The van der Waals surface area contributed by atoms with Gasteiger partial charge in [-0.3, -0.25) is 9.88 Å². The highest BCUT2D eigenvalue weighted by atomic mass is 16.3. The summed E-state index contributed by atoms with van der Waals surface area (Å²) in [6, 6.07) is 4.08. The van der Waals surface area contributed by atoms with Crippen molar-refractivity contribution in [2.45, 2.75) is 39.7 Å². The third kappa shape index (κ3) is 5.29. The SMILES string of the molecule is CCCCN(CCCO)Cc1ncccc1C. The van der Waals surface area contributed by atoms with Gasteiger partial charge in [-0.05, 0) is 37.9 Å². The van der Waals surface area contributed by atoms with E-state index in [4.69, 9.17) is 5.11 Å². The molecule has 0 aromatic carbocycles. The lowest BCUT2D eigenvalue weighted by molar-refractivity contribution is 0.214. The molecule has 0 amide bonds. The van der Waals surface area contributed by atoms with Gasteiger partial charge in [0, 0.05) is 25.9 Å². The van der Waals surface area contributed by atoms with Crippen LogP contribution in [0.1, 0.15) is 37.4 Å². The standard InChI is InChI=1S/C14H24N2O/c1-3-4-9-16(10-6-11-17)12-14-13(2)7-5-8-15-14/h5,7-8,17H,3-4,6,9-12H2,1-2H3. The lowest BCUT2D eigenvalue weighted by Gasteiger charge is -2.22. The summed E-state index contributed by atoms with van der Waals surface area (Å²) in [5.41, 5.74) is 2.40. The normalized spacial score (nSPS) is 11.1. The summed E-state index contributed by atoms with van der Waals surface area (Å²) < 4.78 is 0. The van der Waals surface area contributed by atoms with Gasteiger partial charge in [0.05, 0.1) is 5.69 Å². The van der Waals surface area contributed by atoms with Crippen molar-refractivity contribution in [3.05, 3.63) is 29.6 Å². The summed E-state index contributed by atoms with van der Waals surface area (Å²) in [7, 11) is 0. The van der Waals surface area contributed by atoms with Crippen LogP contribution in [0.25, 0.3) is 0 Å². The van der Waals surface area contributed by atoms with E-state index in [1.54, 1.807) is 0 Å². The van der Waals surface area contributed by atoms with E-state index in [2.05, 4.69) is 29.8 Å². The van der Waals surface area contributed by atoms with Crippen LogP contribution in [0.2, 0.25) is 0 Å². The highest BCUT2D eigenvalue weighted by Gasteiger charge is 2.07. The van der Waals surface area contributed by atoms with Crippen LogP contribution in [0.4, 0.5) is 0 Å². The molecule has 1 N–H and O–H groups in total. The first kappa shape index (κ1) is 14.1. The number of hydrogen-bond acceptors (Lipinski definition) is 3. The first-order valence-electron chi connectivity index (χ1n) is 6.51. The van der Waals surface area contributed by atoms with Crippen molar-refractivity contribution >= 4 is 0 Å². The molecule has 0 aliphatic heterocycles. The van der Waals surface area contributed by atoms with Gasteiger partial charge in [0.1, 0.15) is 0 Å². The Morgan fingerprint density at radius 3 is 2.71 bits per heavy atom. The first-order chi connectivity index (χ1) is 8.27. The van der Waals surface area contributed by atoms with Gasteiger partial charge in [-0.25, -0.2) is 0 Å². The largest absolute Gasteiger partial charge is 0.396 e. The molecule has 1 rings (SSSR count). The molecule has 1 aromatic rings. The number of aryl methyl sites for hydroxylation is 1. The second-order valence-corrected chi connectivity index (χ2v) is 4.47. The number of aromatic nitrogens is 1. The molecule has 3 heteroatoms. The Kier molecular flexibility index (Phi) is 6.82. The second-order valence-electron chi connectivity index (χ2n) is 4.47. The summed E-state index contributed by atoms with van der Waals surface area (Å²) in [6.45, 7) is 7.51. The molecule has 0 spiro atoms. The Morgan fingerprint density at radius 2 is 2.06 bits per heavy atom. The predicted octanol–water partition coefficient (Wildman–Crippen LogP) is 2.37. The minimum absolute atomic E-state index is 0.268. The van der Waals surface area contributed by atoms with E-state index < -0.39 is 0 Å². The minimum atomic E-state index is 0.268. The van der Waals surface area contributed by atoms with Crippen molar-refractivity contribution in [2.75, 3.05) is 19.7 Å². The van der Waals surface area contributed by atoms with Gasteiger partial charge in [-0.1, -0.05) is 19.4 Å². The van der Waals surface area contributed by atoms with Gasteiger partial charge in [-0.15, -0.1) is 0 Å². The van der Waals surface area contributed by atoms with Crippen molar-refractivity contribution in [3.8, 4) is 0 Å². The Bertz CT molecular complexity index is 307. The van der Waals surface area contributed by atoms with Crippen LogP contribution in [0, 0.1) is 6.92 Å². The fourth-order valence-electron chi connectivity index (χ4n) is 1.84. The maximum absolute atomic E-state index is 8.92. The molecular weight excluding hydrogens is 212 g/mol. The second kappa shape index (κ2) is 8.20. The van der Waals surface area contributed by atoms with Crippen molar-refractivity contribution in [1.82, 2.24) is 9.88 Å². The van der Waals surface area contributed by atoms with Crippen LogP contribution in [-0.2, 0) is 6.54 Å². The molecule has 0 radical (unpaired) electrons. The third-order valence-corrected chi connectivity index (χ3v) is 2.95. The number of pyridine rings is 1. The molecule has 0 aliphatic rings. The molecule has 96 valence electrons. The Morgan fingerprint density at radius 1 is 1.29 bits per heavy atom. The zero-order valence-corrected chi connectivity index (χ0v) is 11.0. The minimum Gasteiger partial charge on any atom is -0.396 e. The summed E-state index contributed by atoms with van der Waals surface area (Å²) in [5, 5.41) is 8.92. The van der Waals surface area contributed by atoms with Crippen LogP contribution in [-0.4, -0.2) is 34.7 Å². The molecule has 3 nitrogen and oxygen atoms in total. The Hall–Kier alpha value is -0.930. The molecule has 1 aromatic heterocycles. The van der Waals surface area contributed by atoms with E-state index in [1.165, 1.54) is 18.4 Å². The van der Waals surface area contributed by atoms with E-state index in [0.717, 1.165) is 31.7 Å². The molecule has 17 heavy (non-hydrogen) atoms. The van der Waals surface area contributed by atoms with E-state index in [9.17, 15) is 0 Å². The molecule has 0 bridgehead atoms.